The molecule has 6 nitrogen and oxygen atoms in total. The summed E-state index contributed by atoms with van der Waals surface area (Å²) in [7, 11) is 0. The van der Waals surface area contributed by atoms with Gasteiger partial charge in [-0.2, -0.15) is 0 Å². The number of carbonyl (C=O) groups is 2. The Morgan fingerprint density at radius 3 is 1.67 bits per heavy atom. The molecule has 1 amide bonds. The van der Waals surface area contributed by atoms with Crippen molar-refractivity contribution in [3.05, 3.63) is 0 Å². The Labute approximate surface area is 190 Å². The van der Waals surface area contributed by atoms with Gasteiger partial charge in [0.2, 0.25) is 5.91 Å². The zero-order valence-corrected chi connectivity index (χ0v) is 19.4. The average molecular weight is 470 g/mol. The van der Waals surface area contributed by atoms with E-state index in [0.29, 0.717) is 6.42 Å². The van der Waals surface area contributed by atoms with Gasteiger partial charge in [-0.25, -0.2) is 4.79 Å². The Balaban J connectivity index is -0.00000364. The Hall–Kier alpha value is -0.490. The average Bonchev–Trinajstić information content (AvgIpc) is 2.61. The molecule has 0 saturated carbocycles. The van der Waals surface area contributed by atoms with Gasteiger partial charge in [0.1, 0.15) is 0 Å². The van der Waals surface area contributed by atoms with Crippen molar-refractivity contribution in [3.63, 3.8) is 0 Å². The van der Waals surface area contributed by atoms with Gasteiger partial charge >= 0.3 is 5.97 Å². The lowest BCUT2D eigenvalue weighted by Crippen LogP contribution is -2.43. The van der Waals surface area contributed by atoms with Gasteiger partial charge in [0.25, 0.3) is 0 Å². The van der Waals surface area contributed by atoms with E-state index in [1.54, 1.807) is 0 Å². The molecule has 0 aliphatic rings. The van der Waals surface area contributed by atoms with Crippen LogP contribution in [-0.2, 0) is 25.9 Å². The Morgan fingerprint density at radius 2 is 1.30 bits per heavy atom. The third-order valence-corrected chi connectivity index (χ3v) is 5.57. The van der Waals surface area contributed by atoms with Crippen molar-refractivity contribution in [2.24, 2.45) is 0 Å². The summed E-state index contributed by atoms with van der Waals surface area (Å²) in [6, 6.07) is -1.18. The molecule has 2 unspecified atom stereocenters. The van der Waals surface area contributed by atoms with Crippen LogP contribution in [0.3, 0.4) is 0 Å². The lowest BCUT2D eigenvalue weighted by Gasteiger charge is -2.17. The number of hydrogen-bond acceptors (Lipinski definition) is 4. The molecular formula is C22H48NO5PS. The molecule has 0 fully saturated rings. The van der Waals surface area contributed by atoms with E-state index >= 15 is 0 Å². The number of aliphatic carboxylic acids is 1. The van der Waals surface area contributed by atoms with Gasteiger partial charge in [-0.15, -0.1) is 0 Å². The predicted octanol–water partition coefficient (Wildman–Crippen LogP) is 6.26. The molecule has 0 aromatic heterocycles. The highest BCUT2D eigenvalue weighted by Crippen LogP contribution is 2.36. The molecule has 0 spiro atoms. The molecule has 0 aromatic carbocycles. The molecule has 0 bridgehead atoms. The molecule has 2 atom stereocenters. The highest BCUT2D eigenvalue weighted by Gasteiger charge is 2.22. The summed E-state index contributed by atoms with van der Waals surface area (Å²) in [5.41, 5.74) is 0. The molecule has 0 radical (unpaired) electrons. The SMILES string of the molecule is C.C.CCCCCCCCCCCCCCCC(=O)NC(COP(C)(O)=S)C(=O)O. The number of amides is 1. The molecule has 0 saturated heterocycles. The van der Waals surface area contributed by atoms with E-state index in [2.05, 4.69) is 12.2 Å². The van der Waals surface area contributed by atoms with Crippen molar-refractivity contribution in [1.29, 1.82) is 0 Å². The van der Waals surface area contributed by atoms with Gasteiger partial charge in [-0.05, 0) is 18.2 Å². The van der Waals surface area contributed by atoms with Crippen LogP contribution in [0.4, 0.5) is 0 Å². The first-order chi connectivity index (χ1) is 13.3. The van der Waals surface area contributed by atoms with Crippen LogP contribution in [0.2, 0.25) is 0 Å². The van der Waals surface area contributed by atoms with Crippen LogP contribution >= 0.6 is 6.49 Å². The summed E-state index contributed by atoms with van der Waals surface area (Å²) in [6.07, 6.45) is 16.3. The third kappa shape index (κ3) is 23.8. The maximum absolute atomic E-state index is 11.9. The minimum Gasteiger partial charge on any atom is -0.480 e. The Kier molecular flexibility index (Phi) is 24.7. The fourth-order valence-electron chi connectivity index (χ4n) is 2.96. The van der Waals surface area contributed by atoms with Crippen molar-refractivity contribution in [1.82, 2.24) is 5.32 Å². The van der Waals surface area contributed by atoms with Gasteiger partial charge < -0.3 is 19.8 Å². The summed E-state index contributed by atoms with van der Waals surface area (Å²) >= 11 is 4.71. The van der Waals surface area contributed by atoms with Crippen molar-refractivity contribution >= 4 is 30.2 Å². The van der Waals surface area contributed by atoms with Crippen LogP contribution in [0.1, 0.15) is 112 Å². The topological polar surface area (TPSA) is 95.9 Å². The number of unbranched alkanes of at least 4 members (excludes halogenated alkanes) is 12. The van der Waals surface area contributed by atoms with Crippen molar-refractivity contribution < 1.29 is 24.1 Å². The monoisotopic (exact) mass is 469 g/mol. The number of rotatable bonds is 19. The fourth-order valence-corrected chi connectivity index (χ4v) is 3.57. The van der Waals surface area contributed by atoms with Crippen LogP contribution in [0.15, 0.2) is 0 Å². The maximum Gasteiger partial charge on any atom is 0.328 e. The zero-order valence-electron chi connectivity index (χ0n) is 17.7. The summed E-state index contributed by atoms with van der Waals surface area (Å²) in [6.45, 7) is 0.335. The summed E-state index contributed by atoms with van der Waals surface area (Å²) in [5, 5.41) is 11.5. The fraction of sp³-hybridized carbons (Fsp3) is 0.909. The first-order valence-corrected chi connectivity index (χ1v) is 13.8. The molecule has 30 heavy (non-hydrogen) atoms. The van der Waals surface area contributed by atoms with Gasteiger partial charge in [-0.3, -0.25) is 4.79 Å². The van der Waals surface area contributed by atoms with E-state index < -0.39 is 18.5 Å². The lowest BCUT2D eigenvalue weighted by molar-refractivity contribution is -0.142. The summed E-state index contributed by atoms with van der Waals surface area (Å²) in [5.74, 6) is -1.50. The highest BCUT2D eigenvalue weighted by molar-refractivity contribution is 8.09. The quantitative estimate of drug-likeness (QED) is 0.153. The normalized spacial score (nSPS) is 13.4. The number of hydrogen-bond donors (Lipinski definition) is 3. The molecular weight excluding hydrogens is 421 g/mol. The zero-order chi connectivity index (χ0) is 21.3. The Bertz CT molecular complexity index is 470. The maximum atomic E-state index is 11.9. The molecule has 0 rings (SSSR count). The molecule has 0 aromatic rings. The minimum absolute atomic E-state index is 0. The van der Waals surface area contributed by atoms with E-state index in [1.807, 2.05) is 0 Å². The first kappa shape index (κ1) is 34.1. The smallest absolute Gasteiger partial charge is 0.328 e. The molecule has 0 heterocycles. The molecule has 0 aliphatic heterocycles. The molecule has 3 N–H and O–H groups in total. The van der Waals surface area contributed by atoms with E-state index in [4.69, 9.17) is 21.4 Å². The van der Waals surface area contributed by atoms with Gasteiger partial charge in [0.05, 0.1) is 6.61 Å². The summed E-state index contributed by atoms with van der Waals surface area (Å²) < 4.78 is 4.96. The van der Waals surface area contributed by atoms with Crippen LogP contribution < -0.4 is 5.32 Å². The summed E-state index contributed by atoms with van der Waals surface area (Å²) in [4.78, 5) is 32.4. The van der Waals surface area contributed by atoms with E-state index in [9.17, 15) is 14.5 Å². The molecule has 0 aliphatic carbocycles. The van der Waals surface area contributed by atoms with Crippen LogP contribution in [0.25, 0.3) is 0 Å². The van der Waals surface area contributed by atoms with Crippen molar-refractivity contribution in [2.75, 3.05) is 13.3 Å². The Morgan fingerprint density at radius 1 is 0.900 bits per heavy atom. The number of carboxylic acids is 1. The van der Waals surface area contributed by atoms with E-state index in [0.717, 1.165) is 19.3 Å². The largest absolute Gasteiger partial charge is 0.480 e. The van der Waals surface area contributed by atoms with Crippen LogP contribution in [0.5, 0.6) is 0 Å². The van der Waals surface area contributed by atoms with Crippen LogP contribution in [0, 0.1) is 0 Å². The minimum atomic E-state index is -2.94. The number of nitrogens with one attached hydrogen (secondary N) is 1. The predicted molar refractivity (Wildman–Crippen MR) is 132 cm³/mol. The third-order valence-electron chi connectivity index (χ3n) is 4.62. The second-order valence-electron chi connectivity index (χ2n) is 7.55. The lowest BCUT2D eigenvalue weighted by atomic mass is 10.0. The van der Waals surface area contributed by atoms with Gasteiger partial charge in [-0.1, -0.05) is 98.8 Å². The van der Waals surface area contributed by atoms with Crippen molar-refractivity contribution in [2.45, 2.75) is 118 Å². The second kappa shape index (κ2) is 21.7. The van der Waals surface area contributed by atoms with Gasteiger partial charge in [0, 0.05) is 13.1 Å². The standard InChI is InChI=1S/C20H40NO5PS.2CH4/c1-3-4-5-6-7-8-9-10-11-12-13-14-15-16-19(22)21-18(20(23)24)17-26-27(2,25)28;;/h18H,3-17H2,1-2H3,(H,21,22)(H,23,24)(H,25,28);2*1H4. The number of carboxylic acid groups (broad SMARTS) is 1. The van der Waals surface area contributed by atoms with E-state index in [-0.39, 0.29) is 27.4 Å². The van der Waals surface area contributed by atoms with Gasteiger partial charge in [0.15, 0.2) is 12.5 Å². The van der Waals surface area contributed by atoms with Crippen molar-refractivity contribution in [3.8, 4) is 0 Å². The molecule has 182 valence electrons. The van der Waals surface area contributed by atoms with E-state index in [1.165, 1.54) is 70.9 Å². The van der Waals surface area contributed by atoms with Crippen LogP contribution in [-0.4, -0.2) is 41.2 Å². The number of carbonyl (C=O) groups excluding carboxylic acids is 1. The second-order valence-corrected chi connectivity index (χ2v) is 11.4. The highest BCUT2D eigenvalue weighted by atomic mass is 32.5. The molecule has 8 heteroatoms. The first-order valence-electron chi connectivity index (χ1n) is 10.7.